The lowest BCUT2D eigenvalue weighted by molar-refractivity contribution is -0.146. The lowest BCUT2D eigenvalue weighted by Crippen LogP contribution is -2.40. The second kappa shape index (κ2) is 7.10. The van der Waals surface area contributed by atoms with Gasteiger partial charge in [-0.2, -0.15) is 0 Å². The van der Waals surface area contributed by atoms with Gasteiger partial charge in [0, 0.05) is 18.0 Å². The summed E-state index contributed by atoms with van der Waals surface area (Å²) in [4.78, 5) is 28.7. The van der Waals surface area contributed by atoms with E-state index in [9.17, 15) is 9.59 Å². The first-order valence-electron chi connectivity index (χ1n) is 9.28. The molecule has 1 amide bonds. The van der Waals surface area contributed by atoms with E-state index in [2.05, 4.69) is 26.8 Å². The van der Waals surface area contributed by atoms with Crippen LogP contribution in [0.3, 0.4) is 0 Å². The highest BCUT2D eigenvalue weighted by molar-refractivity contribution is 7.14. The quantitative estimate of drug-likeness (QED) is 0.748. The predicted molar refractivity (Wildman–Crippen MR) is 99.9 cm³/mol. The van der Waals surface area contributed by atoms with Crippen molar-refractivity contribution >= 4 is 23.2 Å². The van der Waals surface area contributed by atoms with Gasteiger partial charge < -0.3 is 9.64 Å². The van der Waals surface area contributed by atoms with E-state index in [4.69, 9.17) is 4.74 Å². The van der Waals surface area contributed by atoms with Crippen molar-refractivity contribution in [1.82, 2.24) is 4.90 Å². The number of aryl methyl sites for hydroxylation is 1. The topological polar surface area (TPSA) is 46.6 Å². The maximum absolute atomic E-state index is 12.9. The first kappa shape index (κ1) is 18.4. The molecule has 0 radical (unpaired) electrons. The van der Waals surface area contributed by atoms with Crippen LogP contribution in [-0.4, -0.2) is 37.0 Å². The van der Waals surface area contributed by atoms with E-state index in [1.165, 1.54) is 24.0 Å². The van der Waals surface area contributed by atoms with Crippen molar-refractivity contribution in [3.63, 3.8) is 0 Å². The molecule has 1 aliphatic heterocycles. The molecule has 1 atom stereocenters. The molecule has 1 aromatic rings. The maximum Gasteiger partial charge on any atom is 0.308 e. The van der Waals surface area contributed by atoms with Crippen molar-refractivity contribution in [1.29, 1.82) is 0 Å². The largest absolute Gasteiger partial charge is 0.469 e. The first-order valence-corrected chi connectivity index (χ1v) is 10.1. The Labute approximate surface area is 154 Å². The molecule has 0 bridgehead atoms. The standard InChI is InChI=1S/C20H29NO3S/c1-20(2,3)15-5-6-16-14(11-15)12-17(25-16)18(22)21-9-7-13(8-10-21)19(23)24-4/h12-13,15H,5-11H2,1-4H3. The van der Waals surface area contributed by atoms with Gasteiger partial charge in [-0.15, -0.1) is 11.3 Å². The molecule has 2 heterocycles. The molecule has 0 N–H and O–H groups in total. The van der Waals surface area contributed by atoms with Gasteiger partial charge in [-0.3, -0.25) is 9.59 Å². The van der Waals surface area contributed by atoms with E-state index in [-0.39, 0.29) is 17.8 Å². The van der Waals surface area contributed by atoms with Crippen molar-refractivity contribution < 1.29 is 14.3 Å². The Bertz CT molecular complexity index is 650. The summed E-state index contributed by atoms with van der Waals surface area (Å²) in [7, 11) is 1.43. The van der Waals surface area contributed by atoms with E-state index >= 15 is 0 Å². The van der Waals surface area contributed by atoms with Gasteiger partial charge in [-0.1, -0.05) is 20.8 Å². The number of esters is 1. The second-order valence-corrected chi connectivity index (χ2v) is 9.59. The van der Waals surface area contributed by atoms with Crippen molar-refractivity contribution in [2.75, 3.05) is 20.2 Å². The van der Waals surface area contributed by atoms with Gasteiger partial charge in [0.2, 0.25) is 0 Å². The number of carbonyl (C=O) groups is 2. The molecule has 1 unspecified atom stereocenters. The fourth-order valence-electron chi connectivity index (χ4n) is 4.01. The van der Waals surface area contributed by atoms with E-state index in [0.29, 0.717) is 37.3 Å². The Morgan fingerprint density at radius 2 is 1.88 bits per heavy atom. The average molecular weight is 364 g/mol. The van der Waals surface area contributed by atoms with Crippen molar-refractivity contribution in [3.8, 4) is 0 Å². The summed E-state index contributed by atoms with van der Waals surface area (Å²) in [6.07, 6.45) is 4.81. The zero-order valence-electron chi connectivity index (χ0n) is 15.8. The van der Waals surface area contributed by atoms with Crippen LogP contribution in [0.4, 0.5) is 0 Å². The number of piperidine rings is 1. The van der Waals surface area contributed by atoms with E-state index < -0.39 is 0 Å². The molecule has 1 saturated heterocycles. The molecule has 2 aliphatic rings. The zero-order valence-corrected chi connectivity index (χ0v) is 16.6. The minimum atomic E-state index is -0.146. The third-order valence-electron chi connectivity index (χ3n) is 5.84. The predicted octanol–water partition coefficient (Wildman–Crippen LogP) is 3.92. The van der Waals surface area contributed by atoms with Crippen LogP contribution in [0.15, 0.2) is 6.07 Å². The number of methoxy groups -OCH3 is 1. The Kier molecular flexibility index (Phi) is 5.24. The molecule has 0 aromatic carbocycles. The van der Waals surface area contributed by atoms with Crippen LogP contribution in [0.2, 0.25) is 0 Å². The van der Waals surface area contributed by atoms with Gasteiger partial charge in [0.1, 0.15) is 0 Å². The third kappa shape index (κ3) is 3.91. The van der Waals surface area contributed by atoms with Crippen molar-refractivity contribution in [2.24, 2.45) is 17.3 Å². The highest BCUT2D eigenvalue weighted by atomic mass is 32.1. The number of rotatable bonds is 2. The van der Waals surface area contributed by atoms with Gasteiger partial charge in [0.25, 0.3) is 5.91 Å². The normalized spacial score (nSPS) is 21.8. The van der Waals surface area contributed by atoms with Gasteiger partial charge in [-0.05, 0) is 55.1 Å². The number of hydrogen-bond donors (Lipinski definition) is 0. The molecule has 3 rings (SSSR count). The summed E-state index contributed by atoms with van der Waals surface area (Å²) in [5.74, 6) is 0.619. The molecule has 25 heavy (non-hydrogen) atoms. The van der Waals surface area contributed by atoms with Crippen molar-refractivity contribution in [3.05, 3.63) is 21.4 Å². The summed E-state index contributed by atoms with van der Waals surface area (Å²) in [6.45, 7) is 8.23. The van der Waals surface area contributed by atoms with E-state index in [1.807, 2.05) is 4.90 Å². The summed E-state index contributed by atoms with van der Waals surface area (Å²) in [6, 6.07) is 2.13. The number of likely N-dealkylation sites (tertiary alicyclic amines) is 1. The number of thiophene rings is 1. The summed E-state index contributed by atoms with van der Waals surface area (Å²) < 4.78 is 4.82. The number of carbonyl (C=O) groups excluding carboxylic acids is 2. The van der Waals surface area contributed by atoms with Crippen LogP contribution in [0, 0.1) is 17.3 Å². The third-order valence-corrected chi connectivity index (χ3v) is 7.06. The minimum absolute atomic E-state index is 0.0573. The highest BCUT2D eigenvalue weighted by Gasteiger charge is 2.32. The van der Waals surface area contributed by atoms with E-state index in [1.54, 1.807) is 11.3 Å². The number of ether oxygens (including phenoxy) is 1. The number of fused-ring (bicyclic) bond motifs is 1. The van der Waals surface area contributed by atoms with Crippen LogP contribution in [0.1, 0.15) is 60.1 Å². The summed E-state index contributed by atoms with van der Waals surface area (Å²) >= 11 is 1.68. The highest BCUT2D eigenvalue weighted by Crippen LogP contribution is 2.40. The summed E-state index contributed by atoms with van der Waals surface area (Å²) in [5.41, 5.74) is 1.70. The lowest BCUT2D eigenvalue weighted by Gasteiger charge is -2.33. The fraction of sp³-hybridized carbons (Fsp3) is 0.700. The molecule has 4 nitrogen and oxygen atoms in total. The van der Waals surface area contributed by atoms with Crippen LogP contribution >= 0.6 is 11.3 Å². The molecular formula is C20H29NO3S. The molecule has 1 fully saturated rings. The smallest absolute Gasteiger partial charge is 0.308 e. The Balaban J connectivity index is 1.65. The Morgan fingerprint density at radius 3 is 2.48 bits per heavy atom. The molecule has 5 heteroatoms. The Morgan fingerprint density at radius 1 is 1.20 bits per heavy atom. The minimum Gasteiger partial charge on any atom is -0.469 e. The monoisotopic (exact) mass is 363 g/mol. The molecule has 138 valence electrons. The van der Waals surface area contributed by atoms with Crippen LogP contribution in [0.25, 0.3) is 0 Å². The molecule has 0 spiro atoms. The zero-order chi connectivity index (χ0) is 18.2. The first-order chi connectivity index (χ1) is 11.8. The van der Waals surface area contributed by atoms with Crippen LogP contribution < -0.4 is 0 Å². The molecular weight excluding hydrogens is 334 g/mol. The molecule has 1 aliphatic carbocycles. The van der Waals surface area contributed by atoms with E-state index in [0.717, 1.165) is 17.7 Å². The van der Waals surface area contributed by atoms with Crippen LogP contribution in [0.5, 0.6) is 0 Å². The number of amides is 1. The molecule has 0 saturated carbocycles. The SMILES string of the molecule is COC(=O)C1CCN(C(=O)c2cc3c(s2)CCC(C(C)(C)C)C3)CC1. The van der Waals surface area contributed by atoms with Gasteiger partial charge >= 0.3 is 5.97 Å². The molecule has 1 aromatic heterocycles. The summed E-state index contributed by atoms with van der Waals surface area (Å²) in [5, 5.41) is 0. The van der Waals surface area contributed by atoms with Gasteiger partial charge in [0.15, 0.2) is 0 Å². The van der Waals surface area contributed by atoms with Crippen molar-refractivity contribution in [2.45, 2.75) is 52.9 Å². The fourth-order valence-corrected chi connectivity index (χ4v) is 5.19. The maximum atomic E-state index is 12.9. The van der Waals surface area contributed by atoms with Gasteiger partial charge in [-0.25, -0.2) is 0 Å². The number of hydrogen-bond acceptors (Lipinski definition) is 4. The Hall–Kier alpha value is -1.36. The number of nitrogens with zero attached hydrogens (tertiary/aromatic N) is 1. The average Bonchev–Trinajstić information content (AvgIpc) is 3.03. The van der Waals surface area contributed by atoms with Crippen LogP contribution in [-0.2, 0) is 22.4 Å². The van der Waals surface area contributed by atoms with Gasteiger partial charge in [0.05, 0.1) is 17.9 Å². The second-order valence-electron chi connectivity index (χ2n) is 8.45. The lowest BCUT2D eigenvalue weighted by atomic mass is 9.72.